The van der Waals surface area contributed by atoms with Crippen LogP contribution in [0.4, 0.5) is 13.2 Å². The molecule has 238 valence electrons. The third-order valence-electron chi connectivity index (χ3n) is 8.66. The molecule has 0 radical (unpaired) electrons. The summed E-state index contributed by atoms with van der Waals surface area (Å²) in [6.07, 6.45) is 5.50. The highest BCUT2D eigenvalue weighted by atomic mass is 19.4. The quantitative estimate of drug-likeness (QED) is 0.261. The summed E-state index contributed by atoms with van der Waals surface area (Å²) in [4.78, 5) is 23.5. The van der Waals surface area contributed by atoms with Crippen molar-refractivity contribution in [3.63, 3.8) is 0 Å². The molecule has 12 nitrogen and oxygen atoms in total. The minimum Gasteiger partial charge on any atom is -0.474 e. The van der Waals surface area contributed by atoms with E-state index < -0.39 is 17.5 Å². The van der Waals surface area contributed by atoms with Crippen molar-refractivity contribution < 1.29 is 22.6 Å². The molecule has 15 heteroatoms. The van der Waals surface area contributed by atoms with Gasteiger partial charge < -0.3 is 14.5 Å². The van der Waals surface area contributed by atoms with Gasteiger partial charge in [-0.25, -0.2) is 15.0 Å². The molecule has 0 atom stereocenters. The number of alkyl halides is 3. The third kappa shape index (κ3) is 6.63. The molecule has 4 aromatic rings. The summed E-state index contributed by atoms with van der Waals surface area (Å²) in [5.41, 5.74) is 2.20. The zero-order valence-corrected chi connectivity index (χ0v) is 25.2. The molecule has 0 amide bonds. The van der Waals surface area contributed by atoms with Crippen molar-refractivity contribution in [3.05, 3.63) is 48.6 Å². The maximum atomic E-state index is 13.6. The summed E-state index contributed by atoms with van der Waals surface area (Å²) < 4.78 is 53.7. The van der Waals surface area contributed by atoms with Crippen molar-refractivity contribution in [2.45, 2.75) is 62.5 Å². The average molecular weight is 625 g/mol. The Morgan fingerprint density at radius 3 is 2.71 bits per heavy atom. The highest BCUT2D eigenvalue weighted by Crippen LogP contribution is 2.39. The van der Waals surface area contributed by atoms with Crippen LogP contribution in [0.1, 0.15) is 43.6 Å². The van der Waals surface area contributed by atoms with E-state index in [1.165, 1.54) is 12.4 Å². The molecule has 1 saturated heterocycles. The van der Waals surface area contributed by atoms with Crippen LogP contribution in [0.2, 0.25) is 0 Å². The Balaban J connectivity index is 1.08. The van der Waals surface area contributed by atoms with E-state index in [9.17, 15) is 18.4 Å². The van der Waals surface area contributed by atoms with Crippen LogP contribution in [0.5, 0.6) is 5.88 Å². The molecular weight excluding hydrogens is 589 g/mol. The van der Waals surface area contributed by atoms with Gasteiger partial charge in [0.05, 0.1) is 36.7 Å². The SMILES string of the molecule is COCCN(C)Cc1cc(O[C@H]2CC[C@@H](N3CC(CC#N)(n4cc(-c5ncnc6[nH]ccc56)cn4)C3)CC2)nc(C(F)(F)F)n1. The lowest BCUT2D eigenvalue weighted by Gasteiger charge is -2.53. The Labute approximate surface area is 258 Å². The fraction of sp³-hybridized carbons (Fsp3) is 0.533. The van der Waals surface area contributed by atoms with Gasteiger partial charge in [-0.1, -0.05) is 0 Å². The van der Waals surface area contributed by atoms with Crippen molar-refractivity contribution >= 4 is 11.0 Å². The number of H-pyrrole nitrogens is 1. The largest absolute Gasteiger partial charge is 0.474 e. The van der Waals surface area contributed by atoms with Gasteiger partial charge in [0.1, 0.15) is 23.6 Å². The van der Waals surface area contributed by atoms with Crippen LogP contribution in [0.15, 0.2) is 37.1 Å². The molecule has 45 heavy (non-hydrogen) atoms. The van der Waals surface area contributed by atoms with E-state index in [0.29, 0.717) is 45.5 Å². The Hall–Kier alpha value is -4.13. The van der Waals surface area contributed by atoms with E-state index in [0.717, 1.165) is 35.1 Å². The van der Waals surface area contributed by atoms with E-state index in [2.05, 4.69) is 41.0 Å². The van der Waals surface area contributed by atoms with Crippen molar-refractivity contribution in [2.75, 3.05) is 40.4 Å². The van der Waals surface area contributed by atoms with E-state index in [1.54, 1.807) is 20.4 Å². The predicted molar refractivity (Wildman–Crippen MR) is 157 cm³/mol. The normalized spacial score (nSPS) is 20.3. The molecule has 0 spiro atoms. The summed E-state index contributed by atoms with van der Waals surface area (Å²) in [6.45, 7) is 2.59. The van der Waals surface area contributed by atoms with Gasteiger partial charge in [-0.3, -0.25) is 14.5 Å². The maximum absolute atomic E-state index is 13.6. The lowest BCUT2D eigenvalue weighted by molar-refractivity contribution is -0.145. The van der Waals surface area contributed by atoms with Crippen LogP contribution < -0.4 is 4.74 Å². The number of hydrogen-bond acceptors (Lipinski definition) is 10. The molecule has 2 aliphatic rings. The van der Waals surface area contributed by atoms with Crippen LogP contribution in [0.25, 0.3) is 22.3 Å². The van der Waals surface area contributed by atoms with Crippen LogP contribution in [-0.2, 0) is 23.0 Å². The van der Waals surface area contributed by atoms with Crippen molar-refractivity contribution in [3.8, 4) is 23.2 Å². The topological polar surface area (TPSA) is 134 Å². The van der Waals surface area contributed by atoms with Crippen molar-refractivity contribution in [2.24, 2.45) is 0 Å². The first-order chi connectivity index (χ1) is 21.7. The van der Waals surface area contributed by atoms with Crippen LogP contribution >= 0.6 is 0 Å². The first-order valence-corrected chi connectivity index (χ1v) is 14.9. The molecule has 6 rings (SSSR count). The van der Waals surface area contributed by atoms with Gasteiger partial charge in [-0.15, -0.1) is 0 Å². The summed E-state index contributed by atoms with van der Waals surface area (Å²) in [5, 5.41) is 15.2. The molecule has 1 saturated carbocycles. The zero-order chi connectivity index (χ0) is 31.6. The fourth-order valence-corrected chi connectivity index (χ4v) is 6.30. The van der Waals surface area contributed by atoms with Gasteiger partial charge in [0, 0.05) is 68.7 Å². The number of nitriles is 1. The first kappa shape index (κ1) is 30.9. The Kier molecular flexibility index (Phi) is 8.71. The molecule has 2 fully saturated rings. The van der Waals surface area contributed by atoms with Gasteiger partial charge in [-0.2, -0.15) is 28.5 Å². The number of aromatic amines is 1. The Morgan fingerprint density at radius 2 is 1.98 bits per heavy atom. The number of nitrogens with one attached hydrogen (secondary N) is 1. The number of ether oxygens (including phenoxy) is 2. The fourth-order valence-electron chi connectivity index (χ4n) is 6.30. The monoisotopic (exact) mass is 624 g/mol. The summed E-state index contributed by atoms with van der Waals surface area (Å²) in [7, 11) is 3.37. The number of hydrogen-bond donors (Lipinski definition) is 1. The smallest absolute Gasteiger partial charge is 0.451 e. The summed E-state index contributed by atoms with van der Waals surface area (Å²) in [6, 6.07) is 6.06. The third-order valence-corrected chi connectivity index (χ3v) is 8.66. The van der Waals surface area contributed by atoms with Crippen LogP contribution in [0.3, 0.4) is 0 Å². The molecule has 1 aliphatic carbocycles. The Morgan fingerprint density at radius 1 is 1.18 bits per heavy atom. The number of fused-ring (bicyclic) bond motifs is 1. The standard InChI is InChI=1S/C30H35F3N10O2/c1-41(11-12-44-2)16-21-13-25(40-28(39-21)30(31,32)33)45-23-5-3-22(4-6-23)42-17-29(18-42,8-9-34)43-15-20(14-38-43)26-24-7-10-35-27(24)37-19-36-26/h7,10,13-15,19,22-23H,3-6,8,11-12,16-18H2,1-2H3,(H,35,36,37)/t22-,23+. The number of likely N-dealkylation sites (N-methyl/N-ethyl adjacent to an activating group) is 1. The molecule has 1 aliphatic heterocycles. The second-order valence-corrected chi connectivity index (χ2v) is 11.9. The van der Waals surface area contributed by atoms with E-state index in [4.69, 9.17) is 9.47 Å². The molecule has 0 bridgehead atoms. The highest BCUT2D eigenvalue weighted by molar-refractivity contribution is 5.90. The molecule has 1 N–H and O–H groups in total. The van der Waals surface area contributed by atoms with Crippen LogP contribution in [-0.4, -0.2) is 97.0 Å². The van der Waals surface area contributed by atoms with Gasteiger partial charge in [0.15, 0.2) is 0 Å². The number of methoxy groups -OCH3 is 1. The minimum atomic E-state index is -4.68. The summed E-state index contributed by atoms with van der Waals surface area (Å²) in [5.74, 6) is -1.25. The number of nitrogens with zero attached hydrogens (tertiary/aromatic N) is 9. The van der Waals surface area contributed by atoms with Gasteiger partial charge >= 0.3 is 6.18 Å². The van der Waals surface area contributed by atoms with E-state index in [-0.39, 0.29) is 30.3 Å². The first-order valence-electron chi connectivity index (χ1n) is 14.9. The number of halogens is 3. The Bertz CT molecular complexity index is 1650. The minimum absolute atomic E-state index is 0.0528. The molecule has 0 unspecified atom stereocenters. The predicted octanol–water partition coefficient (Wildman–Crippen LogP) is 4.02. The van der Waals surface area contributed by atoms with Gasteiger partial charge in [0.25, 0.3) is 0 Å². The molecule has 0 aromatic carbocycles. The van der Waals surface area contributed by atoms with Gasteiger partial charge in [-0.05, 0) is 38.8 Å². The van der Waals surface area contributed by atoms with E-state index in [1.807, 2.05) is 28.0 Å². The maximum Gasteiger partial charge on any atom is 0.451 e. The highest BCUT2D eigenvalue weighted by Gasteiger charge is 2.48. The zero-order valence-electron chi connectivity index (χ0n) is 25.2. The van der Waals surface area contributed by atoms with Crippen LogP contribution in [0, 0.1) is 11.3 Å². The lowest BCUT2D eigenvalue weighted by atomic mass is 9.82. The molecule has 5 heterocycles. The second-order valence-electron chi connectivity index (χ2n) is 11.9. The molecule has 4 aromatic heterocycles. The summed E-state index contributed by atoms with van der Waals surface area (Å²) >= 11 is 0. The lowest BCUT2D eigenvalue weighted by Crippen LogP contribution is -2.65. The number of aromatic nitrogens is 7. The molecular formula is C30H35F3N10O2. The van der Waals surface area contributed by atoms with Crippen molar-refractivity contribution in [1.82, 2.24) is 44.5 Å². The number of rotatable bonds is 11. The second kappa shape index (κ2) is 12.7. The average Bonchev–Trinajstić information content (AvgIpc) is 3.68. The van der Waals surface area contributed by atoms with Gasteiger partial charge in [0.2, 0.25) is 11.7 Å². The van der Waals surface area contributed by atoms with Crippen molar-refractivity contribution in [1.29, 1.82) is 5.26 Å². The van der Waals surface area contributed by atoms with E-state index >= 15 is 0 Å². The number of likely N-dealkylation sites (tertiary alicyclic amines) is 1.